The second-order valence-electron chi connectivity index (χ2n) is 6.57. The molecular weight excluding hydrogens is 406 g/mol. The molecule has 1 fully saturated rings. The Morgan fingerprint density at radius 1 is 1.18 bits per heavy atom. The number of amides is 1. The number of carbonyl (C=O) groups excluding carboxylic acids is 1. The number of hydrogen-bond donors (Lipinski definition) is 1. The van der Waals surface area contributed by atoms with E-state index in [4.69, 9.17) is 32.7 Å². The van der Waals surface area contributed by atoms with Gasteiger partial charge in [0, 0.05) is 29.2 Å². The van der Waals surface area contributed by atoms with E-state index in [1.807, 2.05) is 4.90 Å². The summed E-state index contributed by atoms with van der Waals surface area (Å²) in [7, 11) is 3.00. The Bertz CT molecular complexity index is 855. The van der Waals surface area contributed by atoms with E-state index in [9.17, 15) is 9.18 Å². The maximum atomic E-state index is 14.1. The van der Waals surface area contributed by atoms with Crippen LogP contribution < -0.4 is 14.8 Å². The molecule has 2 aromatic rings. The molecular formula is C20H21Cl2FN2O3. The maximum absolute atomic E-state index is 14.1. The van der Waals surface area contributed by atoms with Gasteiger partial charge in [0.05, 0.1) is 31.5 Å². The summed E-state index contributed by atoms with van der Waals surface area (Å²) < 4.78 is 24.6. The average Bonchev–Trinajstić information content (AvgIpc) is 3.49. The van der Waals surface area contributed by atoms with Crippen molar-refractivity contribution in [1.29, 1.82) is 0 Å². The van der Waals surface area contributed by atoms with Crippen LogP contribution in [0.25, 0.3) is 0 Å². The van der Waals surface area contributed by atoms with Gasteiger partial charge in [0.1, 0.15) is 17.3 Å². The molecule has 28 heavy (non-hydrogen) atoms. The van der Waals surface area contributed by atoms with Crippen LogP contribution in [-0.4, -0.2) is 37.6 Å². The van der Waals surface area contributed by atoms with E-state index in [1.54, 1.807) is 24.3 Å². The third-order valence-corrected chi connectivity index (χ3v) is 5.23. The zero-order valence-corrected chi connectivity index (χ0v) is 17.1. The molecule has 0 saturated heterocycles. The van der Waals surface area contributed by atoms with Gasteiger partial charge in [-0.15, -0.1) is 0 Å². The van der Waals surface area contributed by atoms with E-state index in [1.165, 1.54) is 20.3 Å². The summed E-state index contributed by atoms with van der Waals surface area (Å²) in [6.07, 6.45) is 1.94. The molecule has 8 heteroatoms. The van der Waals surface area contributed by atoms with Gasteiger partial charge in [-0.2, -0.15) is 0 Å². The fourth-order valence-corrected chi connectivity index (χ4v) is 3.44. The van der Waals surface area contributed by atoms with Crippen molar-refractivity contribution in [1.82, 2.24) is 4.90 Å². The van der Waals surface area contributed by atoms with Gasteiger partial charge < -0.3 is 14.8 Å². The Hall–Kier alpha value is -2.02. The minimum Gasteiger partial charge on any atom is -0.495 e. The number of methoxy groups -OCH3 is 2. The van der Waals surface area contributed by atoms with Crippen LogP contribution in [0.5, 0.6) is 11.5 Å². The van der Waals surface area contributed by atoms with Crippen molar-refractivity contribution in [3.63, 3.8) is 0 Å². The summed E-state index contributed by atoms with van der Waals surface area (Å²) in [5.41, 5.74) is 0.840. The highest BCUT2D eigenvalue weighted by Crippen LogP contribution is 2.36. The van der Waals surface area contributed by atoms with E-state index in [0.717, 1.165) is 12.8 Å². The first-order valence-corrected chi connectivity index (χ1v) is 9.56. The molecule has 3 rings (SSSR count). The molecule has 0 aromatic heterocycles. The lowest BCUT2D eigenvalue weighted by Gasteiger charge is -2.23. The van der Waals surface area contributed by atoms with Crippen LogP contribution in [0.15, 0.2) is 30.3 Å². The topological polar surface area (TPSA) is 50.8 Å². The molecule has 150 valence electrons. The smallest absolute Gasteiger partial charge is 0.238 e. The first kappa shape index (κ1) is 20.7. The average molecular weight is 427 g/mol. The lowest BCUT2D eigenvalue weighted by Crippen LogP contribution is -2.35. The summed E-state index contributed by atoms with van der Waals surface area (Å²) in [4.78, 5) is 14.6. The van der Waals surface area contributed by atoms with Crippen LogP contribution in [-0.2, 0) is 11.3 Å². The van der Waals surface area contributed by atoms with Crippen molar-refractivity contribution < 1.29 is 18.7 Å². The molecule has 5 nitrogen and oxygen atoms in total. The van der Waals surface area contributed by atoms with E-state index < -0.39 is 0 Å². The number of anilines is 1. The normalized spacial score (nSPS) is 13.5. The standard InChI is InChI=1S/C20H21Cl2FN2O3/c1-27-18-9-19(28-2)17(8-15(18)22)24-20(26)11-25(12-6-7-12)10-13-14(21)4-3-5-16(13)23/h3-5,8-9,12H,6-7,10-11H2,1-2H3,(H,24,26). The van der Waals surface area contributed by atoms with Crippen LogP contribution in [0.2, 0.25) is 10.0 Å². The quantitative estimate of drug-likeness (QED) is 0.661. The second kappa shape index (κ2) is 8.99. The first-order valence-electron chi connectivity index (χ1n) is 8.81. The fraction of sp³-hybridized carbons (Fsp3) is 0.350. The summed E-state index contributed by atoms with van der Waals surface area (Å²) in [6.45, 7) is 0.367. The molecule has 1 N–H and O–H groups in total. The highest BCUT2D eigenvalue weighted by Gasteiger charge is 2.31. The van der Waals surface area contributed by atoms with Gasteiger partial charge in [-0.25, -0.2) is 4.39 Å². The highest BCUT2D eigenvalue weighted by atomic mass is 35.5. The number of rotatable bonds is 8. The number of halogens is 3. The first-order chi connectivity index (χ1) is 13.4. The molecule has 0 heterocycles. The van der Waals surface area contributed by atoms with Crippen LogP contribution >= 0.6 is 23.2 Å². The molecule has 2 aromatic carbocycles. The van der Waals surface area contributed by atoms with Crippen molar-refractivity contribution in [2.45, 2.75) is 25.4 Å². The number of benzene rings is 2. The van der Waals surface area contributed by atoms with Gasteiger partial charge in [-0.3, -0.25) is 9.69 Å². The lowest BCUT2D eigenvalue weighted by molar-refractivity contribution is -0.117. The number of nitrogens with zero attached hydrogens (tertiary/aromatic N) is 1. The van der Waals surface area contributed by atoms with Crippen molar-refractivity contribution in [2.24, 2.45) is 0 Å². The largest absolute Gasteiger partial charge is 0.495 e. The molecule has 1 aliphatic carbocycles. The molecule has 0 aliphatic heterocycles. The molecule has 1 amide bonds. The molecule has 0 bridgehead atoms. The van der Waals surface area contributed by atoms with Gasteiger partial charge in [-0.05, 0) is 31.0 Å². The Kier molecular flexibility index (Phi) is 6.65. The second-order valence-corrected chi connectivity index (χ2v) is 7.39. The third-order valence-electron chi connectivity index (χ3n) is 4.58. The Morgan fingerprint density at radius 3 is 2.50 bits per heavy atom. The van der Waals surface area contributed by atoms with Crippen LogP contribution in [0.1, 0.15) is 18.4 Å². The summed E-state index contributed by atoms with van der Waals surface area (Å²) >= 11 is 12.3. The SMILES string of the molecule is COc1cc(OC)c(NC(=O)CN(Cc2c(F)cccc2Cl)C2CC2)cc1Cl. The fourth-order valence-electron chi connectivity index (χ4n) is 2.97. The van der Waals surface area contributed by atoms with E-state index in [2.05, 4.69) is 5.32 Å². The molecule has 1 aliphatic rings. The Morgan fingerprint density at radius 2 is 1.89 bits per heavy atom. The van der Waals surface area contributed by atoms with Gasteiger partial charge >= 0.3 is 0 Å². The Labute approximate surface area is 173 Å². The number of carbonyl (C=O) groups is 1. The number of hydrogen-bond acceptors (Lipinski definition) is 4. The zero-order valence-electron chi connectivity index (χ0n) is 15.6. The lowest BCUT2D eigenvalue weighted by atomic mass is 10.2. The van der Waals surface area contributed by atoms with E-state index >= 15 is 0 Å². The highest BCUT2D eigenvalue weighted by molar-refractivity contribution is 6.32. The minimum atomic E-state index is -0.373. The van der Waals surface area contributed by atoms with Crippen molar-refractivity contribution in [3.05, 3.63) is 51.8 Å². The van der Waals surface area contributed by atoms with E-state index in [-0.39, 0.29) is 30.9 Å². The van der Waals surface area contributed by atoms with Crippen molar-refractivity contribution in [3.8, 4) is 11.5 Å². The molecule has 0 spiro atoms. The monoisotopic (exact) mass is 426 g/mol. The molecule has 1 saturated carbocycles. The predicted octanol–water partition coefficient (Wildman–Crippen LogP) is 4.75. The maximum Gasteiger partial charge on any atom is 0.238 e. The number of ether oxygens (including phenoxy) is 2. The van der Waals surface area contributed by atoms with E-state index in [0.29, 0.717) is 32.8 Å². The van der Waals surface area contributed by atoms with Gasteiger partial charge in [0.25, 0.3) is 0 Å². The zero-order chi connectivity index (χ0) is 20.3. The molecule has 0 radical (unpaired) electrons. The van der Waals surface area contributed by atoms with Gasteiger partial charge in [0.15, 0.2) is 0 Å². The van der Waals surface area contributed by atoms with Gasteiger partial charge in [-0.1, -0.05) is 29.3 Å². The summed E-state index contributed by atoms with van der Waals surface area (Å²) in [6, 6.07) is 8.01. The third kappa shape index (κ3) is 4.87. The molecule has 0 atom stereocenters. The summed E-state index contributed by atoms with van der Waals surface area (Å²) in [5.74, 6) is 0.260. The van der Waals surface area contributed by atoms with Crippen LogP contribution in [0.4, 0.5) is 10.1 Å². The van der Waals surface area contributed by atoms with Crippen LogP contribution in [0.3, 0.4) is 0 Å². The molecule has 0 unspecified atom stereocenters. The van der Waals surface area contributed by atoms with Crippen LogP contribution in [0, 0.1) is 5.82 Å². The van der Waals surface area contributed by atoms with Crippen molar-refractivity contribution in [2.75, 3.05) is 26.1 Å². The van der Waals surface area contributed by atoms with Gasteiger partial charge in [0.2, 0.25) is 5.91 Å². The number of nitrogens with one attached hydrogen (secondary N) is 1. The van der Waals surface area contributed by atoms with Crippen molar-refractivity contribution >= 4 is 34.8 Å². The Balaban J connectivity index is 1.73. The summed E-state index contributed by atoms with van der Waals surface area (Å²) in [5, 5.41) is 3.52. The predicted molar refractivity (Wildman–Crippen MR) is 108 cm³/mol. The minimum absolute atomic E-state index is 0.0993.